The van der Waals surface area contributed by atoms with Crippen molar-refractivity contribution in [3.05, 3.63) is 29.3 Å². The van der Waals surface area contributed by atoms with Crippen molar-refractivity contribution in [2.45, 2.75) is 24.3 Å². The van der Waals surface area contributed by atoms with Gasteiger partial charge < -0.3 is 5.32 Å². The molecule has 0 unspecified atom stereocenters. The Morgan fingerprint density at radius 3 is 2.61 bits per heavy atom. The van der Waals surface area contributed by atoms with E-state index in [-0.39, 0.29) is 9.92 Å². The van der Waals surface area contributed by atoms with Gasteiger partial charge in [-0.1, -0.05) is 23.7 Å². The van der Waals surface area contributed by atoms with E-state index in [0.717, 1.165) is 0 Å². The molecule has 1 fully saturated rings. The summed E-state index contributed by atoms with van der Waals surface area (Å²) in [7, 11) is -3.54. The van der Waals surface area contributed by atoms with Gasteiger partial charge in [0.2, 0.25) is 10.0 Å². The number of hydrogen-bond donors (Lipinski definition) is 1. The molecule has 6 heteroatoms. The van der Waals surface area contributed by atoms with Gasteiger partial charge in [0, 0.05) is 25.2 Å². The van der Waals surface area contributed by atoms with E-state index in [4.69, 9.17) is 11.6 Å². The molecular formula is C12H17ClN2O2S. The molecule has 1 aromatic carbocycles. The van der Waals surface area contributed by atoms with E-state index in [1.807, 2.05) is 13.8 Å². The van der Waals surface area contributed by atoms with Crippen LogP contribution in [0, 0.1) is 0 Å². The highest BCUT2D eigenvalue weighted by Crippen LogP contribution is 2.29. The molecule has 0 bridgehead atoms. The van der Waals surface area contributed by atoms with E-state index in [1.54, 1.807) is 24.3 Å². The van der Waals surface area contributed by atoms with Crippen molar-refractivity contribution >= 4 is 21.6 Å². The van der Waals surface area contributed by atoms with Crippen molar-refractivity contribution in [2.24, 2.45) is 0 Å². The van der Waals surface area contributed by atoms with Gasteiger partial charge in [-0.25, -0.2) is 8.42 Å². The number of piperazine rings is 1. The Balaban J connectivity index is 2.46. The van der Waals surface area contributed by atoms with Gasteiger partial charge in [-0.2, -0.15) is 4.31 Å². The number of hydrogen-bond acceptors (Lipinski definition) is 3. The van der Waals surface area contributed by atoms with E-state index < -0.39 is 15.6 Å². The molecule has 2 rings (SSSR count). The van der Waals surface area contributed by atoms with E-state index in [1.165, 1.54) is 4.31 Å². The zero-order valence-electron chi connectivity index (χ0n) is 10.5. The Kier molecular flexibility index (Phi) is 3.69. The van der Waals surface area contributed by atoms with Crippen molar-refractivity contribution in [3.63, 3.8) is 0 Å². The lowest BCUT2D eigenvalue weighted by atomic mass is 10.0. The first-order valence-corrected chi connectivity index (χ1v) is 7.65. The molecule has 1 aliphatic heterocycles. The van der Waals surface area contributed by atoms with Gasteiger partial charge in [-0.3, -0.25) is 0 Å². The lowest BCUT2D eigenvalue weighted by Crippen LogP contribution is -2.59. The minimum absolute atomic E-state index is 0.182. The van der Waals surface area contributed by atoms with Gasteiger partial charge in [-0.15, -0.1) is 0 Å². The van der Waals surface area contributed by atoms with Gasteiger partial charge in [-0.05, 0) is 26.0 Å². The van der Waals surface area contributed by atoms with Crippen molar-refractivity contribution in [1.82, 2.24) is 9.62 Å². The lowest BCUT2D eigenvalue weighted by Gasteiger charge is -2.41. The molecular weight excluding hydrogens is 272 g/mol. The fourth-order valence-corrected chi connectivity index (χ4v) is 4.46. The highest BCUT2D eigenvalue weighted by atomic mass is 35.5. The van der Waals surface area contributed by atoms with Gasteiger partial charge in [0.15, 0.2) is 0 Å². The average Bonchev–Trinajstić information content (AvgIpc) is 2.28. The molecule has 0 spiro atoms. The molecule has 1 saturated heterocycles. The second-order valence-corrected chi connectivity index (χ2v) is 7.23. The lowest BCUT2D eigenvalue weighted by molar-refractivity contribution is 0.186. The van der Waals surface area contributed by atoms with Crippen LogP contribution in [0.25, 0.3) is 0 Å². The Morgan fingerprint density at radius 2 is 2.00 bits per heavy atom. The van der Waals surface area contributed by atoms with Crippen LogP contribution in [0.1, 0.15) is 13.8 Å². The van der Waals surface area contributed by atoms with Gasteiger partial charge in [0.25, 0.3) is 0 Å². The van der Waals surface area contributed by atoms with Crippen LogP contribution in [0.5, 0.6) is 0 Å². The number of sulfonamides is 1. The quantitative estimate of drug-likeness (QED) is 0.901. The summed E-state index contributed by atoms with van der Waals surface area (Å²) in [6.45, 7) is 5.57. The summed E-state index contributed by atoms with van der Waals surface area (Å²) >= 11 is 6.00. The highest BCUT2D eigenvalue weighted by molar-refractivity contribution is 7.89. The second kappa shape index (κ2) is 4.81. The summed E-state index contributed by atoms with van der Waals surface area (Å²) < 4.78 is 26.8. The predicted octanol–water partition coefficient (Wildman–Crippen LogP) is 1.71. The largest absolute Gasteiger partial charge is 0.314 e. The topological polar surface area (TPSA) is 49.4 Å². The van der Waals surface area contributed by atoms with Crippen molar-refractivity contribution < 1.29 is 8.42 Å². The van der Waals surface area contributed by atoms with E-state index >= 15 is 0 Å². The molecule has 1 aliphatic rings. The van der Waals surface area contributed by atoms with Crippen molar-refractivity contribution in [3.8, 4) is 0 Å². The standard InChI is InChI=1S/C12H17ClN2O2S/c1-12(2)9-14-7-8-15(12)18(16,17)11-6-4-3-5-10(11)13/h3-6,14H,7-9H2,1-2H3. The summed E-state index contributed by atoms with van der Waals surface area (Å²) in [6.07, 6.45) is 0. The summed E-state index contributed by atoms with van der Waals surface area (Å²) in [5.74, 6) is 0. The fourth-order valence-electron chi connectivity index (χ4n) is 2.18. The maximum Gasteiger partial charge on any atom is 0.245 e. The van der Waals surface area contributed by atoms with Crippen LogP contribution in [0.3, 0.4) is 0 Å². The summed E-state index contributed by atoms with van der Waals surface area (Å²) in [5, 5.41) is 3.47. The van der Waals surface area contributed by atoms with Crippen LogP contribution >= 0.6 is 11.6 Å². The first-order valence-electron chi connectivity index (χ1n) is 5.84. The normalized spacial score (nSPS) is 20.8. The summed E-state index contributed by atoms with van der Waals surface area (Å²) in [6, 6.07) is 6.57. The molecule has 0 amide bonds. The maximum absolute atomic E-state index is 12.6. The minimum atomic E-state index is -3.54. The zero-order valence-corrected chi connectivity index (χ0v) is 12.1. The second-order valence-electron chi connectivity index (χ2n) is 5.00. The average molecular weight is 289 g/mol. The molecule has 0 saturated carbocycles. The van der Waals surface area contributed by atoms with E-state index in [9.17, 15) is 8.42 Å². The molecule has 1 heterocycles. The first kappa shape index (κ1) is 13.8. The third-order valence-corrected chi connectivity index (χ3v) is 5.74. The van der Waals surface area contributed by atoms with Crippen molar-refractivity contribution in [2.75, 3.05) is 19.6 Å². The minimum Gasteiger partial charge on any atom is -0.314 e. The highest BCUT2D eigenvalue weighted by Gasteiger charge is 2.39. The number of rotatable bonds is 2. The maximum atomic E-state index is 12.6. The van der Waals surface area contributed by atoms with Crippen LogP contribution in [0.2, 0.25) is 5.02 Å². The number of nitrogens with zero attached hydrogens (tertiary/aromatic N) is 1. The van der Waals surface area contributed by atoms with E-state index in [0.29, 0.717) is 19.6 Å². The fraction of sp³-hybridized carbons (Fsp3) is 0.500. The molecule has 1 N–H and O–H groups in total. The van der Waals surface area contributed by atoms with Gasteiger partial charge in [0.1, 0.15) is 4.90 Å². The molecule has 100 valence electrons. The number of benzene rings is 1. The molecule has 4 nitrogen and oxygen atoms in total. The molecule has 0 radical (unpaired) electrons. The Labute approximate surface area is 113 Å². The Hall–Kier alpha value is -0.620. The van der Waals surface area contributed by atoms with Gasteiger partial charge >= 0.3 is 0 Å². The molecule has 0 aliphatic carbocycles. The third-order valence-electron chi connectivity index (χ3n) is 3.13. The van der Waals surface area contributed by atoms with Crippen LogP contribution in [-0.2, 0) is 10.0 Å². The molecule has 0 aromatic heterocycles. The van der Waals surface area contributed by atoms with Crippen LogP contribution in [0.15, 0.2) is 29.2 Å². The smallest absolute Gasteiger partial charge is 0.245 e. The third kappa shape index (κ3) is 2.40. The molecule has 0 atom stereocenters. The molecule has 1 aromatic rings. The SMILES string of the molecule is CC1(C)CNCCN1S(=O)(=O)c1ccccc1Cl. The van der Waals surface area contributed by atoms with E-state index in [2.05, 4.69) is 5.32 Å². The molecule has 18 heavy (non-hydrogen) atoms. The van der Waals surface area contributed by atoms with Crippen LogP contribution in [0.4, 0.5) is 0 Å². The predicted molar refractivity (Wildman–Crippen MR) is 72.3 cm³/mol. The summed E-state index contributed by atoms with van der Waals surface area (Å²) in [4.78, 5) is 0.182. The summed E-state index contributed by atoms with van der Waals surface area (Å²) in [5.41, 5.74) is -0.448. The Bertz CT molecular complexity index is 543. The van der Waals surface area contributed by atoms with Crippen LogP contribution < -0.4 is 5.32 Å². The van der Waals surface area contributed by atoms with Gasteiger partial charge in [0.05, 0.1) is 5.02 Å². The zero-order chi connectivity index (χ0) is 13.4. The van der Waals surface area contributed by atoms with Crippen LogP contribution in [-0.4, -0.2) is 37.9 Å². The number of halogens is 1. The van der Waals surface area contributed by atoms with Crippen molar-refractivity contribution in [1.29, 1.82) is 0 Å². The number of nitrogens with one attached hydrogen (secondary N) is 1. The Morgan fingerprint density at radius 1 is 1.33 bits per heavy atom. The first-order chi connectivity index (χ1) is 8.36. The monoisotopic (exact) mass is 288 g/mol.